The van der Waals surface area contributed by atoms with Crippen LogP contribution in [0, 0.1) is 0 Å². The Labute approximate surface area is 90.1 Å². The molecule has 15 heavy (non-hydrogen) atoms. The van der Waals surface area contributed by atoms with Crippen molar-refractivity contribution in [2.75, 3.05) is 0 Å². The van der Waals surface area contributed by atoms with E-state index in [9.17, 15) is 0 Å². The molecule has 0 radical (unpaired) electrons. The number of nitrogens with zero attached hydrogens (tertiary/aromatic N) is 3. The Kier molecular flexibility index (Phi) is 2.99. The van der Waals surface area contributed by atoms with Crippen molar-refractivity contribution in [3.8, 4) is 0 Å². The summed E-state index contributed by atoms with van der Waals surface area (Å²) in [7, 11) is 0. The molecule has 0 saturated carbocycles. The van der Waals surface area contributed by atoms with Crippen molar-refractivity contribution in [1.29, 1.82) is 0 Å². The molecule has 0 aromatic carbocycles. The molecule has 0 fully saturated rings. The zero-order valence-corrected chi connectivity index (χ0v) is 9.40. The van der Waals surface area contributed by atoms with Gasteiger partial charge in [0.05, 0.1) is 17.6 Å². The van der Waals surface area contributed by atoms with Crippen molar-refractivity contribution in [2.24, 2.45) is 0 Å². The summed E-state index contributed by atoms with van der Waals surface area (Å²) in [5.41, 5.74) is 3.24. The molecule has 2 aromatic heterocycles. The average Bonchev–Trinajstić information content (AvgIpc) is 2.60. The molecule has 0 amide bonds. The Morgan fingerprint density at radius 3 is 2.53 bits per heavy atom. The van der Waals surface area contributed by atoms with Crippen LogP contribution >= 0.6 is 0 Å². The molecule has 80 valence electrons. The third-order valence-corrected chi connectivity index (χ3v) is 2.44. The first-order chi connectivity index (χ1) is 7.33. The van der Waals surface area contributed by atoms with Crippen LogP contribution in [-0.4, -0.2) is 14.6 Å². The van der Waals surface area contributed by atoms with Gasteiger partial charge in [0.2, 0.25) is 0 Å². The monoisotopic (exact) mass is 203 g/mol. The van der Waals surface area contributed by atoms with Gasteiger partial charge in [-0.2, -0.15) is 5.10 Å². The molecule has 0 aliphatic carbocycles. The first kappa shape index (κ1) is 10.1. The molecule has 0 aliphatic rings. The highest BCUT2D eigenvalue weighted by atomic mass is 15.2. The van der Waals surface area contributed by atoms with E-state index < -0.39 is 0 Å². The maximum atomic E-state index is 4.52. The Hall–Kier alpha value is -1.38. The molecule has 0 saturated heterocycles. The third-order valence-electron chi connectivity index (χ3n) is 2.44. The van der Waals surface area contributed by atoms with Gasteiger partial charge in [0.1, 0.15) is 0 Å². The second-order valence-corrected chi connectivity index (χ2v) is 3.86. The number of hydrogen-bond acceptors (Lipinski definition) is 2. The number of rotatable bonds is 4. The quantitative estimate of drug-likeness (QED) is 0.764. The summed E-state index contributed by atoms with van der Waals surface area (Å²) >= 11 is 0. The van der Waals surface area contributed by atoms with Crippen LogP contribution in [0.25, 0.3) is 5.65 Å². The first-order valence-corrected chi connectivity index (χ1v) is 5.67. The second kappa shape index (κ2) is 4.43. The van der Waals surface area contributed by atoms with Gasteiger partial charge < -0.3 is 0 Å². The van der Waals surface area contributed by atoms with Crippen molar-refractivity contribution in [2.45, 2.75) is 39.5 Å². The Morgan fingerprint density at radius 1 is 1.07 bits per heavy atom. The van der Waals surface area contributed by atoms with Crippen LogP contribution in [0.2, 0.25) is 0 Å². The fraction of sp³-hybridized carbons (Fsp3) is 0.500. The predicted octanol–water partition coefficient (Wildman–Crippen LogP) is 2.63. The van der Waals surface area contributed by atoms with Gasteiger partial charge in [-0.1, -0.05) is 26.7 Å². The van der Waals surface area contributed by atoms with E-state index in [2.05, 4.69) is 36.1 Å². The van der Waals surface area contributed by atoms with Crippen LogP contribution in [0.4, 0.5) is 0 Å². The van der Waals surface area contributed by atoms with E-state index in [1.807, 2.05) is 10.7 Å². The van der Waals surface area contributed by atoms with Gasteiger partial charge in [-0.3, -0.25) is 0 Å². The smallest absolute Gasteiger partial charge is 0.153 e. The number of imidazole rings is 1. The SMILES string of the molecule is CCCc1cn2nc(CCC)ccc2n1. The number of aryl methyl sites for hydroxylation is 2. The summed E-state index contributed by atoms with van der Waals surface area (Å²) in [5, 5.41) is 4.52. The van der Waals surface area contributed by atoms with Crippen molar-refractivity contribution < 1.29 is 0 Å². The van der Waals surface area contributed by atoms with Crippen LogP contribution < -0.4 is 0 Å². The summed E-state index contributed by atoms with van der Waals surface area (Å²) in [6.45, 7) is 4.34. The third kappa shape index (κ3) is 2.17. The summed E-state index contributed by atoms with van der Waals surface area (Å²) in [4.78, 5) is 4.50. The van der Waals surface area contributed by atoms with Crippen molar-refractivity contribution in [3.05, 3.63) is 29.7 Å². The molecule has 0 spiro atoms. The van der Waals surface area contributed by atoms with Crippen LogP contribution in [0.3, 0.4) is 0 Å². The summed E-state index contributed by atoms with van der Waals surface area (Å²) in [5.74, 6) is 0. The van der Waals surface area contributed by atoms with Gasteiger partial charge >= 0.3 is 0 Å². The summed E-state index contributed by atoms with van der Waals surface area (Å²) in [6.07, 6.45) is 6.38. The zero-order chi connectivity index (χ0) is 10.7. The highest BCUT2D eigenvalue weighted by Gasteiger charge is 2.02. The molecule has 2 heterocycles. The molecular weight excluding hydrogens is 186 g/mol. The van der Waals surface area contributed by atoms with Gasteiger partial charge in [-0.05, 0) is 25.0 Å². The lowest BCUT2D eigenvalue weighted by Gasteiger charge is -1.97. The van der Waals surface area contributed by atoms with E-state index in [0.29, 0.717) is 0 Å². The molecule has 2 rings (SSSR count). The van der Waals surface area contributed by atoms with Crippen LogP contribution in [-0.2, 0) is 12.8 Å². The molecule has 0 unspecified atom stereocenters. The maximum Gasteiger partial charge on any atom is 0.153 e. The highest BCUT2D eigenvalue weighted by molar-refractivity contribution is 5.38. The van der Waals surface area contributed by atoms with Gasteiger partial charge in [-0.15, -0.1) is 0 Å². The van der Waals surface area contributed by atoms with Gasteiger partial charge in [0, 0.05) is 0 Å². The van der Waals surface area contributed by atoms with Crippen molar-refractivity contribution in [3.63, 3.8) is 0 Å². The number of hydrogen-bond donors (Lipinski definition) is 0. The molecule has 0 aliphatic heterocycles. The standard InChI is InChI=1S/C12H17N3/c1-3-5-10-7-8-12-13-11(6-4-2)9-15(12)14-10/h7-9H,3-6H2,1-2H3. The van der Waals surface area contributed by atoms with E-state index >= 15 is 0 Å². The van der Waals surface area contributed by atoms with Crippen LogP contribution in [0.15, 0.2) is 18.3 Å². The van der Waals surface area contributed by atoms with Crippen molar-refractivity contribution in [1.82, 2.24) is 14.6 Å². The number of aromatic nitrogens is 3. The largest absolute Gasteiger partial charge is 0.232 e. The van der Waals surface area contributed by atoms with E-state index in [4.69, 9.17) is 0 Å². The first-order valence-electron chi connectivity index (χ1n) is 5.67. The maximum absolute atomic E-state index is 4.52. The van der Waals surface area contributed by atoms with Gasteiger partial charge in [0.15, 0.2) is 5.65 Å². The minimum absolute atomic E-state index is 0.957. The molecule has 0 bridgehead atoms. The van der Waals surface area contributed by atoms with E-state index in [-0.39, 0.29) is 0 Å². The van der Waals surface area contributed by atoms with E-state index in [1.54, 1.807) is 0 Å². The molecule has 0 atom stereocenters. The Bertz CT molecular complexity index is 441. The topological polar surface area (TPSA) is 30.2 Å². The minimum atomic E-state index is 0.957. The van der Waals surface area contributed by atoms with Gasteiger partial charge in [0.25, 0.3) is 0 Å². The zero-order valence-electron chi connectivity index (χ0n) is 9.40. The van der Waals surface area contributed by atoms with Gasteiger partial charge in [-0.25, -0.2) is 9.50 Å². The predicted molar refractivity (Wildman–Crippen MR) is 61.0 cm³/mol. The fourth-order valence-electron chi connectivity index (χ4n) is 1.74. The van der Waals surface area contributed by atoms with Crippen LogP contribution in [0.1, 0.15) is 38.1 Å². The highest BCUT2D eigenvalue weighted by Crippen LogP contribution is 2.07. The molecular formula is C12H17N3. The number of fused-ring (bicyclic) bond motifs is 1. The lowest BCUT2D eigenvalue weighted by atomic mass is 10.2. The second-order valence-electron chi connectivity index (χ2n) is 3.86. The summed E-state index contributed by atoms with van der Waals surface area (Å²) < 4.78 is 1.90. The normalized spacial score (nSPS) is 11.1. The molecule has 3 nitrogen and oxygen atoms in total. The Morgan fingerprint density at radius 2 is 1.80 bits per heavy atom. The fourth-order valence-corrected chi connectivity index (χ4v) is 1.74. The summed E-state index contributed by atoms with van der Waals surface area (Å²) in [6, 6.07) is 4.12. The Balaban J connectivity index is 2.34. The van der Waals surface area contributed by atoms with E-state index in [0.717, 1.165) is 42.7 Å². The lowest BCUT2D eigenvalue weighted by Crippen LogP contribution is -1.96. The molecule has 3 heteroatoms. The minimum Gasteiger partial charge on any atom is -0.232 e. The van der Waals surface area contributed by atoms with Crippen LogP contribution in [0.5, 0.6) is 0 Å². The average molecular weight is 203 g/mol. The molecule has 2 aromatic rings. The van der Waals surface area contributed by atoms with Crippen molar-refractivity contribution >= 4 is 5.65 Å². The lowest BCUT2D eigenvalue weighted by molar-refractivity contribution is 0.807. The molecule has 0 N–H and O–H groups in total. The van der Waals surface area contributed by atoms with E-state index in [1.165, 1.54) is 0 Å².